The molecule has 1 aliphatic heterocycles. The third kappa shape index (κ3) is 6.12. The van der Waals surface area contributed by atoms with Crippen LogP contribution in [0.2, 0.25) is 0 Å². The topological polar surface area (TPSA) is 114 Å². The van der Waals surface area contributed by atoms with Crippen molar-refractivity contribution in [3.8, 4) is 0 Å². The first kappa shape index (κ1) is 22.0. The van der Waals surface area contributed by atoms with Crippen molar-refractivity contribution in [2.45, 2.75) is 22.7 Å². The summed E-state index contributed by atoms with van der Waals surface area (Å²) in [7, 11) is -3.51. The molecule has 0 atom stereocenters. The van der Waals surface area contributed by atoms with Gasteiger partial charge in [0.1, 0.15) is 0 Å². The molecule has 2 N–H and O–H groups in total. The molecular weight excluding hydrogens is 434 g/mol. The van der Waals surface area contributed by atoms with Gasteiger partial charge in [0, 0.05) is 26.2 Å². The molecule has 0 bridgehead atoms. The Labute approximate surface area is 178 Å². The molecule has 12 heteroatoms. The van der Waals surface area contributed by atoms with E-state index < -0.39 is 10.0 Å². The minimum Gasteiger partial charge on any atom is -0.379 e. The second-order valence-electron chi connectivity index (χ2n) is 6.13. The Kier molecular flexibility index (Phi) is 7.84. The van der Waals surface area contributed by atoms with Crippen molar-refractivity contribution in [1.82, 2.24) is 19.8 Å². The number of nitrogens with one attached hydrogen (secondary N) is 2. The monoisotopic (exact) mass is 457 g/mol. The number of anilines is 1. The van der Waals surface area contributed by atoms with E-state index in [1.165, 1.54) is 27.4 Å². The van der Waals surface area contributed by atoms with Gasteiger partial charge in [-0.05, 0) is 24.6 Å². The Bertz CT molecular complexity index is 911. The summed E-state index contributed by atoms with van der Waals surface area (Å²) in [5.41, 5.74) is 0.828. The van der Waals surface area contributed by atoms with Crippen LogP contribution < -0.4 is 10.6 Å². The van der Waals surface area contributed by atoms with Crippen LogP contribution in [0.4, 0.5) is 5.13 Å². The van der Waals surface area contributed by atoms with Gasteiger partial charge in [-0.2, -0.15) is 4.31 Å². The second-order valence-corrected chi connectivity index (χ2v) is 10.3. The molecule has 1 aliphatic rings. The zero-order valence-electron chi connectivity index (χ0n) is 16.0. The van der Waals surface area contributed by atoms with E-state index in [9.17, 15) is 13.2 Å². The first-order valence-corrected chi connectivity index (χ1v) is 12.4. The minimum atomic E-state index is -3.51. The fourth-order valence-electron chi connectivity index (χ4n) is 2.59. The number of hydrogen-bond donors (Lipinski definition) is 2. The molecule has 0 unspecified atom stereocenters. The van der Waals surface area contributed by atoms with E-state index in [2.05, 4.69) is 20.8 Å². The van der Waals surface area contributed by atoms with Crippen LogP contribution >= 0.6 is 23.1 Å². The van der Waals surface area contributed by atoms with Crippen LogP contribution in [-0.4, -0.2) is 67.4 Å². The van der Waals surface area contributed by atoms with Crippen LogP contribution in [0.1, 0.15) is 12.5 Å². The third-order valence-electron chi connectivity index (χ3n) is 4.08. The number of morpholine rings is 1. The highest BCUT2D eigenvalue weighted by atomic mass is 32.2. The van der Waals surface area contributed by atoms with Crippen LogP contribution in [0.25, 0.3) is 0 Å². The standard InChI is InChI=1S/C17H23N5O4S3/c1-2-18-16-20-21-17(28-16)27-12-15(23)19-11-13-3-5-14(6-4-13)29(24,25)22-7-9-26-10-8-22/h3-6H,2,7-12H2,1H3,(H,18,20)(H,19,23). The zero-order valence-corrected chi connectivity index (χ0v) is 18.4. The van der Waals surface area contributed by atoms with Gasteiger partial charge in [-0.3, -0.25) is 4.79 Å². The summed E-state index contributed by atoms with van der Waals surface area (Å²) in [4.78, 5) is 12.3. The Hall–Kier alpha value is -1.73. The Balaban J connectivity index is 1.47. The lowest BCUT2D eigenvalue weighted by molar-refractivity contribution is -0.118. The Morgan fingerprint density at radius 3 is 2.66 bits per heavy atom. The summed E-state index contributed by atoms with van der Waals surface area (Å²) >= 11 is 2.74. The first-order chi connectivity index (χ1) is 14.0. The first-order valence-electron chi connectivity index (χ1n) is 9.12. The number of benzene rings is 1. The second kappa shape index (κ2) is 10.3. The van der Waals surface area contributed by atoms with E-state index in [1.54, 1.807) is 24.3 Å². The summed E-state index contributed by atoms with van der Waals surface area (Å²) in [5, 5.41) is 14.6. The average Bonchev–Trinajstić information content (AvgIpc) is 3.19. The van der Waals surface area contributed by atoms with Gasteiger partial charge in [-0.15, -0.1) is 10.2 Å². The molecule has 0 saturated carbocycles. The van der Waals surface area contributed by atoms with Crippen LogP contribution in [0, 0.1) is 0 Å². The van der Waals surface area contributed by atoms with E-state index >= 15 is 0 Å². The normalized spacial score (nSPS) is 15.2. The number of hydrogen-bond acceptors (Lipinski definition) is 9. The Morgan fingerprint density at radius 1 is 1.24 bits per heavy atom. The lowest BCUT2D eigenvalue weighted by atomic mass is 10.2. The summed E-state index contributed by atoms with van der Waals surface area (Å²) < 4.78 is 32.6. The zero-order chi connectivity index (χ0) is 20.7. The maximum atomic E-state index is 12.6. The van der Waals surface area contributed by atoms with Crippen molar-refractivity contribution in [2.24, 2.45) is 0 Å². The number of carbonyl (C=O) groups is 1. The minimum absolute atomic E-state index is 0.125. The largest absolute Gasteiger partial charge is 0.379 e. The van der Waals surface area contributed by atoms with Crippen molar-refractivity contribution in [1.29, 1.82) is 0 Å². The highest BCUT2D eigenvalue weighted by Crippen LogP contribution is 2.25. The number of nitrogens with zero attached hydrogens (tertiary/aromatic N) is 3. The number of carbonyl (C=O) groups excluding carboxylic acids is 1. The van der Waals surface area contributed by atoms with Crippen molar-refractivity contribution in [3.05, 3.63) is 29.8 Å². The van der Waals surface area contributed by atoms with Gasteiger partial charge >= 0.3 is 0 Å². The van der Waals surface area contributed by atoms with Gasteiger partial charge in [0.05, 0.1) is 23.9 Å². The molecule has 1 amide bonds. The molecule has 1 saturated heterocycles. The third-order valence-corrected chi connectivity index (χ3v) is 8.01. The van der Waals surface area contributed by atoms with Crippen molar-refractivity contribution < 1.29 is 17.9 Å². The lowest BCUT2D eigenvalue weighted by Crippen LogP contribution is -2.40. The molecular formula is C17H23N5O4S3. The number of ether oxygens (including phenoxy) is 1. The number of rotatable bonds is 9. The maximum Gasteiger partial charge on any atom is 0.243 e. The van der Waals surface area contributed by atoms with Gasteiger partial charge in [-0.1, -0.05) is 35.2 Å². The molecule has 0 radical (unpaired) electrons. The molecule has 3 rings (SSSR count). The lowest BCUT2D eigenvalue weighted by Gasteiger charge is -2.26. The molecule has 2 heterocycles. The van der Waals surface area contributed by atoms with Gasteiger partial charge in [0.25, 0.3) is 0 Å². The molecule has 0 aliphatic carbocycles. The SMILES string of the molecule is CCNc1nnc(SCC(=O)NCc2ccc(S(=O)(=O)N3CCOCC3)cc2)s1. The van der Waals surface area contributed by atoms with Crippen molar-refractivity contribution in [3.63, 3.8) is 0 Å². The van der Waals surface area contributed by atoms with Gasteiger partial charge < -0.3 is 15.4 Å². The maximum absolute atomic E-state index is 12.6. The Morgan fingerprint density at radius 2 is 1.97 bits per heavy atom. The van der Waals surface area contributed by atoms with E-state index in [4.69, 9.17) is 4.74 Å². The predicted molar refractivity (Wildman–Crippen MR) is 113 cm³/mol. The fourth-order valence-corrected chi connectivity index (χ4v) is 5.64. The highest BCUT2D eigenvalue weighted by molar-refractivity contribution is 8.01. The average molecular weight is 458 g/mol. The molecule has 1 aromatic carbocycles. The van der Waals surface area contributed by atoms with Gasteiger partial charge in [-0.25, -0.2) is 8.42 Å². The van der Waals surface area contributed by atoms with Crippen LogP contribution in [0.3, 0.4) is 0 Å². The summed E-state index contributed by atoms with van der Waals surface area (Å²) in [6, 6.07) is 6.58. The molecule has 1 fully saturated rings. The number of aromatic nitrogens is 2. The highest BCUT2D eigenvalue weighted by Gasteiger charge is 2.26. The number of sulfonamides is 1. The molecule has 1 aromatic heterocycles. The fraction of sp³-hybridized carbons (Fsp3) is 0.471. The van der Waals surface area contributed by atoms with Gasteiger partial charge in [0.15, 0.2) is 4.34 Å². The molecule has 9 nitrogen and oxygen atoms in total. The van der Waals surface area contributed by atoms with E-state index in [-0.39, 0.29) is 16.6 Å². The van der Waals surface area contributed by atoms with Crippen LogP contribution in [0.15, 0.2) is 33.5 Å². The predicted octanol–water partition coefficient (Wildman–Crippen LogP) is 1.40. The van der Waals surface area contributed by atoms with Gasteiger partial charge in [0.2, 0.25) is 21.1 Å². The van der Waals surface area contributed by atoms with Crippen molar-refractivity contribution in [2.75, 3.05) is 43.9 Å². The summed E-state index contributed by atoms with van der Waals surface area (Å²) in [6.45, 7) is 4.63. The van der Waals surface area contributed by atoms with E-state index in [0.29, 0.717) is 32.8 Å². The molecule has 158 valence electrons. The van der Waals surface area contributed by atoms with Crippen LogP contribution in [0.5, 0.6) is 0 Å². The van der Waals surface area contributed by atoms with Crippen molar-refractivity contribution >= 4 is 44.2 Å². The molecule has 0 spiro atoms. The number of amides is 1. The smallest absolute Gasteiger partial charge is 0.243 e. The molecule has 2 aromatic rings. The summed E-state index contributed by atoms with van der Waals surface area (Å²) in [5.74, 6) is 0.116. The van der Waals surface area contributed by atoms with E-state index in [0.717, 1.165) is 21.6 Å². The molecule has 29 heavy (non-hydrogen) atoms. The van der Waals surface area contributed by atoms with E-state index in [1.807, 2.05) is 6.92 Å². The number of thioether (sulfide) groups is 1. The summed E-state index contributed by atoms with van der Waals surface area (Å²) in [6.07, 6.45) is 0. The van der Waals surface area contributed by atoms with Crippen LogP contribution in [-0.2, 0) is 26.1 Å². The quantitative estimate of drug-likeness (QED) is 0.543.